The number of furan rings is 1. The molecule has 1 aromatic heterocycles. The molecule has 1 aliphatic heterocycles. The summed E-state index contributed by atoms with van der Waals surface area (Å²) in [5.74, 6) is 0.633. The molecule has 1 N–H and O–H groups in total. The molecular formula is C13H19BrN2O4S. The van der Waals surface area contributed by atoms with Crippen molar-refractivity contribution in [2.45, 2.75) is 43.3 Å². The summed E-state index contributed by atoms with van der Waals surface area (Å²) in [4.78, 5) is 0.198. The Labute approximate surface area is 133 Å². The minimum atomic E-state index is -3.56. The fraction of sp³-hybridized carbons (Fsp3) is 0.692. The van der Waals surface area contributed by atoms with Crippen LogP contribution in [0.25, 0.3) is 0 Å². The van der Waals surface area contributed by atoms with Gasteiger partial charge in [0.15, 0.2) is 4.67 Å². The van der Waals surface area contributed by atoms with Crippen molar-refractivity contribution in [2.24, 2.45) is 0 Å². The van der Waals surface area contributed by atoms with Crippen LogP contribution in [-0.2, 0) is 21.3 Å². The highest BCUT2D eigenvalue weighted by Gasteiger charge is 2.34. The highest BCUT2D eigenvalue weighted by molar-refractivity contribution is 9.10. The molecule has 1 aliphatic carbocycles. The van der Waals surface area contributed by atoms with Gasteiger partial charge in [-0.05, 0) is 35.7 Å². The van der Waals surface area contributed by atoms with Gasteiger partial charge in [-0.15, -0.1) is 0 Å². The Hall–Kier alpha value is -0.410. The first-order chi connectivity index (χ1) is 9.98. The predicted octanol–water partition coefficient (Wildman–Crippen LogP) is 1.70. The van der Waals surface area contributed by atoms with Gasteiger partial charge >= 0.3 is 0 Å². The zero-order valence-corrected chi connectivity index (χ0v) is 14.2. The lowest BCUT2D eigenvalue weighted by molar-refractivity contribution is 0.0392. The first-order valence-electron chi connectivity index (χ1n) is 7.09. The molecular weight excluding hydrogens is 360 g/mol. The van der Waals surface area contributed by atoms with Gasteiger partial charge in [0.25, 0.3) is 0 Å². The van der Waals surface area contributed by atoms with Gasteiger partial charge in [0.1, 0.15) is 10.7 Å². The number of hydrogen-bond acceptors (Lipinski definition) is 5. The molecule has 0 radical (unpaired) electrons. The van der Waals surface area contributed by atoms with E-state index in [0.29, 0.717) is 38.1 Å². The Morgan fingerprint density at radius 3 is 2.90 bits per heavy atom. The van der Waals surface area contributed by atoms with Crippen LogP contribution in [0.4, 0.5) is 0 Å². The van der Waals surface area contributed by atoms with Gasteiger partial charge < -0.3 is 14.5 Å². The third-order valence-corrected chi connectivity index (χ3v) is 6.61. The standard InChI is InChI=1S/C13H19BrN2O4S/c1-9-8-19-5-4-16(9)21(17,18)12-6-11(20-13(12)14)7-15-10-2-3-10/h6,9-10,15H,2-5,7-8H2,1H3. The molecule has 1 atom stereocenters. The summed E-state index contributed by atoms with van der Waals surface area (Å²) < 4.78 is 38.1. The minimum absolute atomic E-state index is 0.168. The molecule has 0 amide bonds. The van der Waals surface area contributed by atoms with E-state index >= 15 is 0 Å². The van der Waals surface area contributed by atoms with Gasteiger partial charge in [-0.1, -0.05) is 0 Å². The van der Waals surface area contributed by atoms with E-state index in [0.717, 1.165) is 0 Å². The van der Waals surface area contributed by atoms with Gasteiger partial charge in [0, 0.05) is 24.7 Å². The monoisotopic (exact) mass is 378 g/mol. The number of rotatable bonds is 5. The molecule has 118 valence electrons. The molecule has 0 spiro atoms. The summed E-state index contributed by atoms with van der Waals surface area (Å²) >= 11 is 3.23. The second kappa shape index (κ2) is 6.00. The Kier molecular flexibility index (Phi) is 4.42. The second-order valence-electron chi connectivity index (χ2n) is 5.55. The number of sulfonamides is 1. The smallest absolute Gasteiger partial charge is 0.247 e. The number of nitrogens with one attached hydrogen (secondary N) is 1. The quantitative estimate of drug-likeness (QED) is 0.843. The molecule has 2 heterocycles. The Bertz CT molecular complexity index is 612. The maximum absolute atomic E-state index is 12.7. The summed E-state index contributed by atoms with van der Waals surface area (Å²) in [5.41, 5.74) is 0. The maximum Gasteiger partial charge on any atom is 0.247 e. The number of morpholine rings is 1. The largest absolute Gasteiger partial charge is 0.452 e. The van der Waals surface area contributed by atoms with Crippen molar-refractivity contribution >= 4 is 26.0 Å². The van der Waals surface area contributed by atoms with E-state index < -0.39 is 10.0 Å². The van der Waals surface area contributed by atoms with Crippen LogP contribution in [0.5, 0.6) is 0 Å². The fourth-order valence-electron chi connectivity index (χ4n) is 2.39. The van der Waals surface area contributed by atoms with E-state index in [1.165, 1.54) is 17.1 Å². The fourth-order valence-corrected chi connectivity index (χ4v) is 4.95. The second-order valence-corrected chi connectivity index (χ2v) is 8.12. The summed E-state index contributed by atoms with van der Waals surface area (Å²) in [7, 11) is -3.56. The van der Waals surface area contributed by atoms with Crippen LogP contribution < -0.4 is 5.32 Å². The number of halogens is 1. The van der Waals surface area contributed by atoms with E-state index in [1.54, 1.807) is 6.07 Å². The zero-order valence-electron chi connectivity index (χ0n) is 11.8. The van der Waals surface area contributed by atoms with Gasteiger partial charge in [0.05, 0.1) is 19.8 Å². The number of nitrogens with zero attached hydrogens (tertiary/aromatic N) is 1. The Balaban J connectivity index is 1.80. The van der Waals surface area contributed by atoms with Crippen LogP contribution in [0.2, 0.25) is 0 Å². The van der Waals surface area contributed by atoms with Crippen molar-refractivity contribution in [1.29, 1.82) is 0 Å². The highest BCUT2D eigenvalue weighted by Crippen LogP contribution is 2.31. The topological polar surface area (TPSA) is 71.8 Å². The van der Waals surface area contributed by atoms with Gasteiger partial charge in [-0.25, -0.2) is 8.42 Å². The molecule has 1 aromatic rings. The molecule has 3 rings (SSSR count). The summed E-state index contributed by atoms with van der Waals surface area (Å²) in [6.07, 6.45) is 2.36. The van der Waals surface area contributed by atoms with Crippen LogP contribution in [0.1, 0.15) is 25.5 Å². The summed E-state index contributed by atoms with van der Waals surface area (Å²) in [6.45, 7) is 3.62. The molecule has 2 fully saturated rings. The molecule has 8 heteroatoms. The molecule has 21 heavy (non-hydrogen) atoms. The van der Waals surface area contributed by atoms with Crippen molar-refractivity contribution in [3.8, 4) is 0 Å². The SMILES string of the molecule is CC1COCCN1S(=O)(=O)c1cc(CNC2CC2)oc1Br. The number of ether oxygens (including phenoxy) is 1. The van der Waals surface area contributed by atoms with Crippen molar-refractivity contribution in [3.05, 3.63) is 16.5 Å². The third kappa shape index (κ3) is 3.34. The van der Waals surface area contributed by atoms with E-state index in [9.17, 15) is 8.42 Å². The summed E-state index contributed by atoms with van der Waals surface area (Å²) in [6, 6.07) is 1.99. The van der Waals surface area contributed by atoms with E-state index in [1.807, 2.05) is 6.92 Å². The Morgan fingerprint density at radius 1 is 1.48 bits per heavy atom. The van der Waals surface area contributed by atoms with Crippen LogP contribution in [0, 0.1) is 0 Å². The number of hydrogen-bond donors (Lipinski definition) is 1. The van der Waals surface area contributed by atoms with E-state index in [2.05, 4.69) is 21.2 Å². The normalized spacial score (nSPS) is 24.4. The zero-order chi connectivity index (χ0) is 15.0. The van der Waals surface area contributed by atoms with Gasteiger partial charge in [-0.3, -0.25) is 0 Å². The lowest BCUT2D eigenvalue weighted by atomic mass is 10.3. The van der Waals surface area contributed by atoms with Crippen molar-refractivity contribution < 1.29 is 17.6 Å². The molecule has 2 aliphatic rings. The molecule has 1 saturated carbocycles. The lowest BCUT2D eigenvalue weighted by Crippen LogP contribution is -2.46. The third-order valence-electron chi connectivity index (χ3n) is 3.74. The van der Waals surface area contributed by atoms with E-state index in [-0.39, 0.29) is 15.6 Å². The molecule has 0 aromatic carbocycles. The minimum Gasteiger partial charge on any atom is -0.452 e. The first-order valence-corrected chi connectivity index (χ1v) is 9.33. The van der Waals surface area contributed by atoms with Gasteiger partial charge in [-0.2, -0.15) is 4.31 Å². The highest BCUT2D eigenvalue weighted by atomic mass is 79.9. The van der Waals surface area contributed by atoms with E-state index in [4.69, 9.17) is 9.15 Å². The van der Waals surface area contributed by atoms with Crippen LogP contribution in [0.15, 0.2) is 20.0 Å². The van der Waals surface area contributed by atoms with Crippen LogP contribution in [0.3, 0.4) is 0 Å². The van der Waals surface area contributed by atoms with Crippen molar-refractivity contribution in [2.75, 3.05) is 19.8 Å². The summed E-state index contributed by atoms with van der Waals surface area (Å²) in [5, 5.41) is 3.31. The predicted molar refractivity (Wildman–Crippen MR) is 80.4 cm³/mol. The van der Waals surface area contributed by atoms with Gasteiger partial charge in [0.2, 0.25) is 10.0 Å². The first kappa shape index (κ1) is 15.5. The maximum atomic E-state index is 12.7. The molecule has 0 bridgehead atoms. The lowest BCUT2D eigenvalue weighted by Gasteiger charge is -2.31. The Morgan fingerprint density at radius 2 is 2.24 bits per heavy atom. The van der Waals surface area contributed by atoms with Crippen molar-refractivity contribution in [1.82, 2.24) is 9.62 Å². The molecule has 6 nitrogen and oxygen atoms in total. The average molecular weight is 379 g/mol. The van der Waals surface area contributed by atoms with Crippen molar-refractivity contribution in [3.63, 3.8) is 0 Å². The van der Waals surface area contributed by atoms with Crippen LogP contribution in [-0.4, -0.2) is 44.6 Å². The van der Waals surface area contributed by atoms with Crippen LogP contribution >= 0.6 is 15.9 Å². The average Bonchev–Trinajstić information content (AvgIpc) is 3.19. The molecule has 1 saturated heterocycles. The molecule has 1 unspecified atom stereocenters.